The molecule has 3 N–H and O–H groups in total. The molecule has 128 valence electrons. The molecule has 6 heteroatoms. The van der Waals surface area contributed by atoms with Crippen molar-refractivity contribution < 1.29 is 19.6 Å². The summed E-state index contributed by atoms with van der Waals surface area (Å²) in [7, 11) is -1.54. The molecule has 1 aliphatic rings. The Kier molecular flexibility index (Phi) is 3.99. The van der Waals surface area contributed by atoms with Crippen LogP contribution < -0.4 is 15.5 Å². The van der Waals surface area contributed by atoms with E-state index in [4.69, 9.17) is 4.74 Å². The number of anilines is 1. The smallest absolute Gasteiger partial charge is 0.454 e. The Bertz CT molecular complexity index is 1020. The summed E-state index contributed by atoms with van der Waals surface area (Å²) in [6, 6.07) is 17.9. The van der Waals surface area contributed by atoms with Crippen LogP contribution in [0.1, 0.15) is 15.9 Å². The van der Waals surface area contributed by atoms with Gasteiger partial charge in [0.05, 0.1) is 11.3 Å². The Hall–Kier alpha value is -3.09. The van der Waals surface area contributed by atoms with Gasteiger partial charge in [-0.25, -0.2) is 0 Å². The van der Waals surface area contributed by atoms with Crippen molar-refractivity contribution in [3.05, 3.63) is 71.8 Å². The first-order valence-corrected chi connectivity index (χ1v) is 8.21. The maximum Gasteiger partial charge on any atom is 0.488 e. The second-order valence-electron chi connectivity index (χ2n) is 6.27. The molecule has 0 bridgehead atoms. The first-order chi connectivity index (χ1) is 12.5. The lowest BCUT2D eigenvalue weighted by Crippen LogP contribution is -2.29. The maximum absolute atomic E-state index is 12.7. The highest BCUT2D eigenvalue weighted by atomic mass is 16.5. The third-order valence-corrected chi connectivity index (χ3v) is 4.35. The van der Waals surface area contributed by atoms with Crippen LogP contribution in [0.3, 0.4) is 0 Å². The van der Waals surface area contributed by atoms with E-state index < -0.39 is 7.12 Å². The molecule has 0 saturated heterocycles. The number of carbonyl (C=O) groups excluding carboxylic acids is 1. The van der Waals surface area contributed by atoms with Crippen LogP contribution in [0, 0.1) is 6.92 Å². The molecule has 3 aromatic carbocycles. The number of amides is 1. The molecule has 0 radical (unpaired) electrons. The number of ether oxygens (including phenoxy) is 1. The molecule has 0 atom stereocenters. The van der Waals surface area contributed by atoms with Crippen molar-refractivity contribution in [2.75, 3.05) is 5.32 Å². The van der Waals surface area contributed by atoms with Gasteiger partial charge in [-0.05, 0) is 53.3 Å². The van der Waals surface area contributed by atoms with Crippen LogP contribution in [0.25, 0.3) is 11.1 Å². The molecule has 5 nitrogen and oxygen atoms in total. The molecule has 26 heavy (non-hydrogen) atoms. The summed E-state index contributed by atoms with van der Waals surface area (Å²) in [5.74, 6) is 0.831. The van der Waals surface area contributed by atoms with Crippen LogP contribution in [0.15, 0.2) is 60.7 Å². The van der Waals surface area contributed by atoms with Gasteiger partial charge in [-0.3, -0.25) is 4.79 Å². The zero-order chi connectivity index (χ0) is 18.3. The second kappa shape index (κ2) is 6.33. The third-order valence-electron chi connectivity index (χ3n) is 4.35. The van der Waals surface area contributed by atoms with Crippen molar-refractivity contribution in [2.24, 2.45) is 0 Å². The fourth-order valence-corrected chi connectivity index (χ4v) is 2.99. The molecule has 3 aromatic rings. The summed E-state index contributed by atoms with van der Waals surface area (Å²) in [6.45, 7) is 1.95. The van der Waals surface area contributed by atoms with E-state index in [0.29, 0.717) is 28.2 Å². The van der Waals surface area contributed by atoms with Gasteiger partial charge in [-0.1, -0.05) is 36.4 Å². The van der Waals surface area contributed by atoms with Gasteiger partial charge in [0, 0.05) is 0 Å². The van der Waals surface area contributed by atoms with Crippen molar-refractivity contribution in [3.63, 3.8) is 0 Å². The number of benzene rings is 3. The number of rotatable bonds is 2. The van der Waals surface area contributed by atoms with Gasteiger partial charge < -0.3 is 20.1 Å². The minimum atomic E-state index is -1.54. The number of hydrogen-bond donors (Lipinski definition) is 3. The van der Waals surface area contributed by atoms with Crippen molar-refractivity contribution in [1.29, 1.82) is 0 Å². The van der Waals surface area contributed by atoms with Crippen LogP contribution in [-0.4, -0.2) is 23.1 Å². The van der Waals surface area contributed by atoms with Crippen LogP contribution in [0.2, 0.25) is 0 Å². The summed E-state index contributed by atoms with van der Waals surface area (Å²) in [5.41, 5.74) is 4.04. The molecular weight excluding hydrogens is 329 g/mol. The van der Waals surface area contributed by atoms with Crippen LogP contribution >= 0.6 is 0 Å². The topological polar surface area (TPSA) is 78.8 Å². The highest BCUT2D eigenvalue weighted by Gasteiger charge is 2.22. The van der Waals surface area contributed by atoms with E-state index in [1.54, 1.807) is 30.3 Å². The van der Waals surface area contributed by atoms with Gasteiger partial charge >= 0.3 is 7.12 Å². The summed E-state index contributed by atoms with van der Waals surface area (Å²) in [5, 5.41) is 21.6. The van der Waals surface area contributed by atoms with Crippen molar-refractivity contribution in [2.45, 2.75) is 6.92 Å². The predicted molar refractivity (Wildman–Crippen MR) is 101 cm³/mol. The number of fused-ring (bicyclic) bond motifs is 2. The summed E-state index contributed by atoms with van der Waals surface area (Å²) >= 11 is 0. The molecule has 1 aliphatic heterocycles. The molecule has 4 rings (SSSR count). The van der Waals surface area contributed by atoms with E-state index >= 15 is 0 Å². The molecule has 0 aromatic heterocycles. The standard InChI is InChI=1S/C20H16BNO4/c1-12-5-7-19-17(9-12)22-20(23)16-11-14(6-8-18(16)26-19)13-3-2-4-15(10-13)21(24)25/h2-11,24-25H,1H3,(H,22,23). The highest BCUT2D eigenvalue weighted by Crippen LogP contribution is 2.37. The number of aryl methyl sites for hydroxylation is 1. The molecule has 0 spiro atoms. The quantitative estimate of drug-likeness (QED) is 0.624. The van der Waals surface area contributed by atoms with Gasteiger partial charge in [0.2, 0.25) is 0 Å². The first kappa shape index (κ1) is 16.4. The zero-order valence-electron chi connectivity index (χ0n) is 14.1. The Morgan fingerprint density at radius 2 is 1.69 bits per heavy atom. The Morgan fingerprint density at radius 1 is 0.923 bits per heavy atom. The van der Waals surface area contributed by atoms with Gasteiger partial charge in [-0.2, -0.15) is 0 Å². The largest absolute Gasteiger partial charge is 0.488 e. The van der Waals surface area contributed by atoms with E-state index in [2.05, 4.69) is 5.32 Å². The lowest BCUT2D eigenvalue weighted by atomic mass is 9.79. The average Bonchev–Trinajstić information content (AvgIpc) is 2.77. The molecular formula is C20H16BNO4. The first-order valence-electron chi connectivity index (χ1n) is 8.21. The van der Waals surface area contributed by atoms with Crippen molar-refractivity contribution >= 4 is 24.2 Å². The maximum atomic E-state index is 12.7. The van der Waals surface area contributed by atoms with E-state index in [-0.39, 0.29) is 5.91 Å². The summed E-state index contributed by atoms with van der Waals surface area (Å²) < 4.78 is 5.92. The summed E-state index contributed by atoms with van der Waals surface area (Å²) in [6.07, 6.45) is 0. The van der Waals surface area contributed by atoms with Crippen molar-refractivity contribution in [1.82, 2.24) is 0 Å². The minimum Gasteiger partial charge on any atom is -0.454 e. The zero-order valence-corrected chi connectivity index (χ0v) is 14.1. The van der Waals surface area contributed by atoms with Gasteiger partial charge in [0.15, 0.2) is 5.75 Å². The fourth-order valence-electron chi connectivity index (χ4n) is 2.99. The normalized spacial score (nSPS) is 12.3. The second-order valence-corrected chi connectivity index (χ2v) is 6.27. The van der Waals surface area contributed by atoms with E-state index in [1.165, 1.54) is 0 Å². The molecule has 1 heterocycles. The Balaban J connectivity index is 1.76. The average molecular weight is 345 g/mol. The molecule has 0 saturated carbocycles. The molecule has 0 unspecified atom stereocenters. The van der Waals surface area contributed by atoms with Gasteiger partial charge in [0.25, 0.3) is 5.91 Å². The fraction of sp³-hybridized carbons (Fsp3) is 0.0500. The van der Waals surface area contributed by atoms with Crippen LogP contribution in [0.4, 0.5) is 5.69 Å². The lowest BCUT2D eigenvalue weighted by Gasteiger charge is -2.10. The minimum absolute atomic E-state index is 0.246. The number of hydrogen-bond acceptors (Lipinski definition) is 4. The van der Waals surface area contributed by atoms with E-state index in [0.717, 1.165) is 16.7 Å². The van der Waals surface area contributed by atoms with Gasteiger partial charge in [-0.15, -0.1) is 0 Å². The SMILES string of the molecule is Cc1ccc2c(c1)NC(=O)c1cc(-c3cccc(B(O)O)c3)ccc1O2. The lowest BCUT2D eigenvalue weighted by molar-refractivity contribution is 0.102. The van der Waals surface area contributed by atoms with Crippen LogP contribution in [0.5, 0.6) is 11.5 Å². The number of nitrogens with one attached hydrogen (secondary N) is 1. The highest BCUT2D eigenvalue weighted by molar-refractivity contribution is 6.58. The molecule has 0 fully saturated rings. The van der Waals surface area contributed by atoms with Crippen molar-refractivity contribution in [3.8, 4) is 22.6 Å². The number of carbonyl (C=O) groups is 1. The Labute approximate surface area is 151 Å². The van der Waals surface area contributed by atoms with Crippen LogP contribution in [-0.2, 0) is 0 Å². The third kappa shape index (κ3) is 2.96. The van der Waals surface area contributed by atoms with Gasteiger partial charge in [0.1, 0.15) is 5.75 Å². The summed E-state index contributed by atoms with van der Waals surface area (Å²) in [4.78, 5) is 12.7. The molecule has 1 amide bonds. The molecule has 0 aliphatic carbocycles. The van der Waals surface area contributed by atoms with E-state index in [9.17, 15) is 14.8 Å². The van der Waals surface area contributed by atoms with E-state index in [1.807, 2.05) is 37.3 Å². The predicted octanol–water partition coefficient (Wildman–Crippen LogP) is 2.70. The Morgan fingerprint density at radius 3 is 2.50 bits per heavy atom. The monoisotopic (exact) mass is 345 g/mol.